The van der Waals surface area contributed by atoms with Gasteiger partial charge in [0, 0.05) is 29.2 Å². The van der Waals surface area contributed by atoms with Crippen LogP contribution in [0.15, 0.2) is 53.4 Å². The molecule has 2 aromatic rings. The van der Waals surface area contributed by atoms with Gasteiger partial charge in [0.25, 0.3) is 5.91 Å². The van der Waals surface area contributed by atoms with Crippen molar-refractivity contribution in [1.82, 2.24) is 10.6 Å². The van der Waals surface area contributed by atoms with Crippen molar-refractivity contribution in [2.24, 2.45) is 0 Å². The largest absolute Gasteiger partial charge is 0.341 e. The van der Waals surface area contributed by atoms with Crippen LogP contribution < -0.4 is 15.5 Å². The molecule has 0 aromatic heterocycles. The Morgan fingerprint density at radius 1 is 1.22 bits per heavy atom. The van der Waals surface area contributed by atoms with Crippen LogP contribution >= 0.6 is 11.8 Å². The van der Waals surface area contributed by atoms with Gasteiger partial charge in [-0.15, -0.1) is 11.8 Å². The molecule has 3 rings (SSSR count). The van der Waals surface area contributed by atoms with E-state index in [4.69, 9.17) is 0 Å². The van der Waals surface area contributed by atoms with E-state index < -0.39 is 0 Å². The zero-order valence-electron chi connectivity index (χ0n) is 15.1. The predicted molar refractivity (Wildman–Crippen MR) is 109 cm³/mol. The number of hydrogen-bond acceptors (Lipinski definition) is 3. The van der Waals surface area contributed by atoms with Crippen molar-refractivity contribution in [2.75, 3.05) is 30.3 Å². The second-order valence-corrected chi connectivity index (χ2v) is 7.15. The van der Waals surface area contributed by atoms with Crippen LogP contribution in [0.5, 0.6) is 0 Å². The van der Waals surface area contributed by atoms with Crippen LogP contribution in [0, 0.1) is 11.8 Å². The number of carbonyl (C=O) groups excluding carboxylic acids is 2. The number of carbonyl (C=O) groups is 2. The topological polar surface area (TPSA) is 61.4 Å². The number of urea groups is 1. The molecule has 1 aliphatic heterocycles. The van der Waals surface area contributed by atoms with Gasteiger partial charge in [-0.1, -0.05) is 30.9 Å². The molecule has 0 radical (unpaired) electrons. The van der Waals surface area contributed by atoms with E-state index in [1.165, 1.54) is 0 Å². The van der Waals surface area contributed by atoms with E-state index >= 15 is 0 Å². The molecule has 5 nitrogen and oxygen atoms in total. The quantitative estimate of drug-likeness (QED) is 0.620. The molecule has 1 saturated heterocycles. The van der Waals surface area contributed by atoms with Crippen molar-refractivity contribution < 1.29 is 9.59 Å². The summed E-state index contributed by atoms with van der Waals surface area (Å²) in [7, 11) is 0. The molecule has 1 aliphatic rings. The fourth-order valence-corrected chi connectivity index (χ4v) is 3.55. The number of rotatable bonds is 5. The fraction of sp³-hybridized carbons (Fsp3) is 0.238. The summed E-state index contributed by atoms with van der Waals surface area (Å²) < 4.78 is 0. The van der Waals surface area contributed by atoms with Crippen LogP contribution in [0.4, 0.5) is 10.5 Å². The summed E-state index contributed by atoms with van der Waals surface area (Å²) in [5, 5.41) is 5.62. The summed E-state index contributed by atoms with van der Waals surface area (Å²) in [5.41, 5.74) is 2.38. The second kappa shape index (κ2) is 9.15. The van der Waals surface area contributed by atoms with Gasteiger partial charge in [0.1, 0.15) is 0 Å². The predicted octanol–water partition coefficient (Wildman–Crippen LogP) is 3.11. The molecule has 0 aliphatic carbocycles. The summed E-state index contributed by atoms with van der Waals surface area (Å²) in [6.45, 7) is 3.68. The molecule has 2 N–H and O–H groups in total. The van der Waals surface area contributed by atoms with Gasteiger partial charge in [-0.2, -0.15) is 0 Å². The third-order valence-corrected chi connectivity index (χ3v) is 4.99. The molecule has 0 unspecified atom stereocenters. The molecule has 1 heterocycles. The maximum Gasteiger partial charge on any atom is 0.321 e. The third kappa shape index (κ3) is 4.83. The number of hydrogen-bond donors (Lipinski definition) is 2. The molecule has 2 aromatic carbocycles. The van der Waals surface area contributed by atoms with E-state index in [0.717, 1.165) is 21.9 Å². The van der Waals surface area contributed by atoms with Gasteiger partial charge in [-0.05, 0) is 42.2 Å². The molecule has 3 amide bonds. The average molecular weight is 379 g/mol. The lowest BCUT2D eigenvalue weighted by Gasteiger charge is -2.13. The number of anilines is 1. The van der Waals surface area contributed by atoms with Gasteiger partial charge in [-0.3, -0.25) is 9.69 Å². The van der Waals surface area contributed by atoms with Crippen LogP contribution in [0.25, 0.3) is 0 Å². The van der Waals surface area contributed by atoms with Gasteiger partial charge >= 0.3 is 6.03 Å². The van der Waals surface area contributed by atoms with Crippen molar-refractivity contribution in [3.8, 4) is 11.8 Å². The lowest BCUT2D eigenvalue weighted by molar-refractivity contribution is 0.0956. The molecule has 0 saturated carbocycles. The van der Waals surface area contributed by atoms with E-state index in [2.05, 4.69) is 29.4 Å². The van der Waals surface area contributed by atoms with Gasteiger partial charge in [0.15, 0.2) is 0 Å². The van der Waals surface area contributed by atoms with E-state index in [0.29, 0.717) is 18.7 Å². The number of amides is 3. The Balaban J connectivity index is 1.56. The Bertz CT molecular complexity index is 884. The number of nitrogens with zero attached hydrogens (tertiary/aromatic N) is 1. The second-order valence-electron chi connectivity index (χ2n) is 5.84. The van der Waals surface area contributed by atoms with Gasteiger partial charge in [0.2, 0.25) is 0 Å². The third-order valence-electron chi connectivity index (χ3n) is 4.04. The molecule has 27 heavy (non-hydrogen) atoms. The minimum atomic E-state index is -0.115. The first kappa shape index (κ1) is 18.9. The van der Waals surface area contributed by atoms with Crippen molar-refractivity contribution in [2.45, 2.75) is 11.8 Å². The Labute approximate surface area is 163 Å². The SMILES string of the molecule is CCSc1ccccc1C(=O)NCC#Cc1ccc(N2CCNC2=O)cc1. The summed E-state index contributed by atoms with van der Waals surface area (Å²) in [6.07, 6.45) is 0. The molecule has 0 bridgehead atoms. The lowest BCUT2D eigenvalue weighted by Crippen LogP contribution is -2.27. The minimum Gasteiger partial charge on any atom is -0.341 e. The monoisotopic (exact) mass is 379 g/mol. The zero-order chi connectivity index (χ0) is 19.1. The van der Waals surface area contributed by atoms with Crippen molar-refractivity contribution in [1.29, 1.82) is 0 Å². The normalized spacial score (nSPS) is 12.9. The number of benzene rings is 2. The van der Waals surface area contributed by atoms with Gasteiger partial charge < -0.3 is 10.6 Å². The molecular weight excluding hydrogens is 358 g/mol. The van der Waals surface area contributed by atoms with Crippen LogP contribution in [-0.4, -0.2) is 37.3 Å². The van der Waals surface area contributed by atoms with Crippen molar-refractivity contribution >= 4 is 29.4 Å². The fourth-order valence-electron chi connectivity index (χ4n) is 2.74. The molecule has 1 fully saturated rings. The lowest BCUT2D eigenvalue weighted by atomic mass is 10.2. The maximum atomic E-state index is 12.3. The summed E-state index contributed by atoms with van der Waals surface area (Å²) in [5.74, 6) is 6.80. The van der Waals surface area contributed by atoms with Crippen molar-refractivity contribution in [3.63, 3.8) is 0 Å². The first-order valence-electron chi connectivity index (χ1n) is 8.83. The first-order valence-corrected chi connectivity index (χ1v) is 9.82. The van der Waals surface area contributed by atoms with E-state index in [1.54, 1.807) is 16.7 Å². The zero-order valence-corrected chi connectivity index (χ0v) is 15.9. The highest BCUT2D eigenvalue weighted by atomic mass is 32.2. The molecular formula is C21H21N3O2S. The number of nitrogens with one attached hydrogen (secondary N) is 2. The Morgan fingerprint density at radius 2 is 2.00 bits per heavy atom. The Morgan fingerprint density at radius 3 is 2.70 bits per heavy atom. The standard InChI is InChI=1S/C21H21N3O2S/c1-2-27-19-8-4-3-7-18(19)20(25)22-13-5-6-16-9-11-17(12-10-16)24-15-14-23-21(24)26/h3-4,7-12H,2,13-15H2,1H3,(H,22,25)(H,23,26). The minimum absolute atomic E-state index is 0.0712. The van der Waals surface area contributed by atoms with E-state index in [-0.39, 0.29) is 18.5 Å². The van der Waals surface area contributed by atoms with Crippen molar-refractivity contribution in [3.05, 3.63) is 59.7 Å². The van der Waals surface area contributed by atoms with Crippen LogP contribution in [0.1, 0.15) is 22.8 Å². The summed E-state index contributed by atoms with van der Waals surface area (Å²) >= 11 is 1.65. The molecule has 138 valence electrons. The number of thioether (sulfide) groups is 1. The highest BCUT2D eigenvalue weighted by Crippen LogP contribution is 2.22. The average Bonchev–Trinajstić information content (AvgIpc) is 3.12. The summed E-state index contributed by atoms with van der Waals surface area (Å²) in [4.78, 5) is 26.7. The molecule has 0 atom stereocenters. The van der Waals surface area contributed by atoms with E-state index in [9.17, 15) is 9.59 Å². The highest BCUT2D eigenvalue weighted by Gasteiger charge is 2.20. The van der Waals surface area contributed by atoms with Crippen LogP contribution in [0.2, 0.25) is 0 Å². The summed E-state index contributed by atoms with van der Waals surface area (Å²) in [6, 6.07) is 15.0. The van der Waals surface area contributed by atoms with Gasteiger partial charge in [-0.25, -0.2) is 4.79 Å². The highest BCUT2D eigenvalue weighted by molar-refractivity contribution is 7.99. The smallest absolute Gasteiger partial charge is 0.321 e. The molecule has 0 spiro atoms. The Kier molecular flexibility index (Phi) is 6.39. The van der Waals surface area contributed by atoms with Gasteiger partial charge in [0.05, 0.1) is 12.1 Å². The maximum absolute atomic E-state index is 12.3. The van der Waals surface area contributed by atoms with Crippen LogP contribution in [0.3, 0.4) is 0 Å². The van der Waals surface area contributed by atoms with Crippen LogP contribution in [-0.2, 0) is 0 Å². The first-order chi connectivity index (χ1) is 13.2. The van der Waals surface area contributed by atoms with E-state index in [1.807, 2.05) is 48.5 Å². The Hall–Kier alpha value is -2.91. The molecule has 6 heteroatoms.